The van der Waals surface area contributed by atoms with E-state index < -0.39 is 0 Å². The predicted octanol–water partition coefficient (Wildman–Crippen LogP) is 4.06. The average molecular weight is 426 g/mol. The van der Waals surface area contributed by atoms with Crippen LogP contribution in [-0.2, 0) is 17.8 Å². The Kier molecular flexibility index (Phi) is 6.28. The van der Waals surface area contributed by atoms with Crippen molar-refractivity contribution >= 4 is 22.9 Å². The van der Waals surface area contributed by atoms with Gasteiger partial charge in [-0.25, -0.2) is 9.37 Å². The molecule has 0 spiro atoms. The Balaban J connectivity index is 1.25. The normalized spacial score (nSPS) is 14.1. The summed E-state index contributed by atoms with van der Waals surface area (Å²) in [5.41, 5.74) is 2.96. The van der Waals surface area contributed by atoms with Gasteiger partial charge in [-0.15, -0.1) is 11.3 Å². The number of carbonyl (C=O) groups is 1. The van der Waals surface area contributed by atoms with E-state index in [-0.39, 0.29) is 11.7 Å². The smallest absolute Gasteiger partial charge is 0.228 e. The van der Waals surface area contributed by atoms with Crippen molar-refractivity contribution in [1.82, 2.24) is 9.88 Å². The van der Waals surface area contributed by atoms with Crippen molar-refractivity contribution in [2.24, 2.45) is 0 Å². The molecule has 0 N–H and O–H groups in total. The Morgan fingerprint density at radius 1 is 1.07 bits per heavy atom. The Hall–Kier alpha value is -2.93. The number of nitrogens with zero attached hydrogens (tertiary/aromatic N) is 3. The highest BCUT2D eigenvalue weighted by atomic mass is 32.1. The van der Waals surface area contributed by atoms with E-state index in [0.29, 0.717) is 26.1 Å². The van der Waals surface area contributed by atoms with E-state index in [1.807, 2.05) is 41.5 Å². The van der Waals surface area contributed by atoms with Gasteiger partial charge in [0.2, 0.25) is 5.91 Å². The minimum Gasteiger partial charge on any atom is -0.486 e. The lowest BCUT2D eigenvalue weighted by atomic mass is 10.2. The van der Waals surface area contributed by atoms with E-state index in [1.54, 1.807) is 12.1 Å². The largest absolute Gasteiger partial charge is 0.486 e. The maximum atomic E-state index is 13.1. The number of rotatable bonds is 6. The first-order valence-corrected chi connectivity index (χ1v) is 10.9. The number of benzene rings is 2. The van der Waals surface area contributed by atoms with Crippen molar-refractivity contribution < 1.29 is 13.9 Å². The molecule has 0 saturated carbocycles. The fraction of sp³-hybridized carbons (Fsp3) is 0.304. The summed E-state index contributed by atoms with van der Waals surface area (Å²) < 4.78 is 18.9. The van der Waals surface area contributed by atoms with Crippen LogP contribution < -0.4 is 9.64 Å². The molecule has 2 aromatic carbocycles. The van der Waals surface area contributed by atoms with E-state index in [2.05, 4.69) is 9.88 Å². The number of aryl methyl sites for hydroxylation is 1. The number of aromatic nitrogens is 1. The molecule has 1 fully saturated rings. The van der Waals surface area contributed by atoms with E-state index in [0.717, 1.165) is 35.2 Å². The highest BCUT2D eigenvalue weighted by Gasteiger charge is 2.22. The van der Waals surface area contributed by atoms with Crippen molar-refractivity contribution in [2.45, 2.75) is 20.0 Å². The Labute approximate surface area is 179 Å². The molecule has 30 heavy (non-hydrogen) atoms. The van der Waals surface area contributed by atoms with Gasteiger partial charge in [0, 0.05) is 37.2 Å². The number of ether oxygens (including phenoxy) is 1. The molecule has 1 aliphatic rings. The molecule has 0 atom stereocenters. The maximum Gasteiger partial charge on any atom is 0.228 e. The van der Waals surface area contributed by atoms with E-state index in [9.17, 15) is 9.18 Å². The van der Waals surface area contributed by atoms with Crippen LogP contribution in [0.4, 0.5) is 10.1 Å². The second-order valence-corrected chi connectivity index (χ2v) is 8.30. The van der Waals surface area contributed by atoms with E-state index in [4.69, 9.17) is 4.74 Å². The summed E-state index contributed by atoms with van der Waals surface area (Å²) >= 11 is 1.51. The third-order valence-corrected chi connectivity index (χ3v) is 6.01. The highest BCUT2D eigenvalue weighted by molar-refractivity contribution is 7.09. The third kappa shape index (κ3) is 5.16. The first-order chi connectivity index (χ1) is 14.6. The van der Waals surface area contributed by atoms with Crippen molar-refractivity contribution in [3.8, 4) is 5.75 Å². The van der Waals surface area contributed by atoms with Gasteiger partial charge in [-0.05, 0) is 43.3 Å². The van der Waals surface area contributed by atoms with E-state index >= 15 is 0 Å². The molecule has 0 radical (unpaired) electrons. The molecule has 0 bridgehead atoms. The van der Waals surface area contributed by atoms with Gasteiger partial charge in [-0.1, -0.05) is 17.7 Å². The molecule has 1 amide bonds. The molecular weight excluding hydrogens is 401 g/mol. The monoisotopic (exact) mass is 425 g/mol. The van der Waals surface area contributed by atoms with Crippen LogP contribution in [0.25, 0.3) is 0 Å². The summed E-state index contributed by atoms with van der Waals surface area (Å²) in [7, 11) is 0. The summed E-state index contributed by atoms with van der Waals surface area (Å²) in [6.07, 6.45) is 0.303. The van der Waals surface area contributed by atoms with Crippen LogP contribution in [0.3, 0.4) is 0 Å². The summed E-state index contributed by atoms with van der Waals surface area (Å²) in [4.78, 5) is 21.3. The van der Waals surface area contributed by atoms with Crippen LogP contribution in [0.2, 0.25) is 0 Å². The number of amides is 1. The van der Waals surface area contributed by atoms with Gasteiger partial charge in [0.05, 0.1) is 12.1 Å². The van der Waals surface area contributed by atoms with Gasteiger partial charge in [0.15, 0.2) is 0 Å². The number of carbonyl (C=O) groups excluding carboxylic acids is 1. The van der Waals surface area contributed by atoms with Crippen LogP contribution in [0.1, 0.15) is 16.3 Å². The second kappa shape index (κ2) is 9.26. The van der Waals surface area contributed by atoms with Crippen molar-refractivity contribution in [2.75, 3.05) is 31.1 Å². The zero-order chi connectivity index (χ0) is 20.9. The van der Waals surface area contributed by atoms with Crippen molar-refractivity contribution in [3.63, 3.8) is 0 Å². The molecule has 0 unspecified atom stereocenters. The van der Waals surface area contributed by atoms with E-state index in [1.165, 1.54) is 29.0 Å². The van der Waals surface area contributed by atoms with Crippen LogP contribution in [0.15, 0.2) is 53.9 Å². The molecule has 1 aliphatic heterocycles. The number of anilines is 1. The third-order valence-electron chi connectivity index (χ3n) is 5.14. The van der Waals surface area contributed by atoms with Gasteiger partial charge in [0.25, 0.3) is 0 Å². The van der Waals surface area contributed by atoms with Crippen LogP contribution in [-0.4, -0.2) is 42.0 Å². The van der Waals surface area contributed by atoms with Crippen LogP contribution in [0, 0.1) is 12.7 Å². The predicted molar refractivity (Wildman–Crippen MR) is 117 cm³/mol. The van der Waals surface area contributed by atoms with Crippen molar-refractivity contribution in [3.05, 3.63) is 76.0 Å². The molecule has 5 nitrogen and oxygen atoms in total. The van der Waals surface area contributed by atoms with Crippen LogP contribution in [0.5, 0.6) is 5.75 Å². The number of piperazine rings is 1. The first kappa shape index (κ1) is 20.3. The quantitative estimate of drug-likeness (QED) is 0.598. The summed E-state index contributed by atoms with van der Waals surface area (Å²) in [6, 6.07) is 14.4. The molecule has 0 aliphatic carbocycles. The fourth-order valence-electron chi connectivity index (χ4n) is 3.41. The lowest BCUT2D eigenvalue weighted by Gasteiger charge is -2.36. The van der Waals surface area contributed by atoms with Crippen LogP contribution >= 0.6 is 11.3 Å². The maximum absolute atomic E-state index is 13.1. The minimum atomic E-state index is -0.237. The number of thiazole rings is 1. The number of hydrogen-bond donors (Lipinski definition) is 0. The zero-order valence-electron chi connectivity index (χ0n) is 16.9. The van der Waals surface area contributed by atoms with Gasteiger partial charge < -0.3 is 14.5 Å². The molecular formula is C23H24FN3O2S. The summed E-state index contributed by atoms with van der Waals surface area (Å²) in [6.45, 7) is 5.23. The fourth-order valence-corrected chi connectivity index (χ4v) is 4.11. The lowest BCUT2D eigenvalue weighted by Crippen LogP contribution is -2.49. The number of halogens is 1. The summed E-state index contributed by atoms with van der Waals surface area (Å²) in [5, 5.41) is 2.79. The molecule has 4 rings (SSSR count). The zero-order valence-corrected chi connectivity index (χ0v) is 17.7. The highest BCUT2D eigenvalue weighted by Crippen LogP contribution is 2.19. The average Bonchev–Trinajstić information content (AvgIpc) is 3.21. The number of hydrogen-bond acceptors (Lipinski definition) is 5. The Bertz CT molecular complexity index is 980. The van der Waals surface area contributed by atoms with Crippen molar-refractivity contribution in [1.29, 1.82) is 0 Å². The molecule has 156 valence electrons. The van der Waals surface area contributed by atoms with Gasteiger partial charge in [0.1, 0.15) is 23.2 Å². The Morgan fingerprint density at radius 2 is 1.77 bits per heavy atom. The summed E-state index contributed by atoms with van der Waals surface area (Å²) in [5.74, 6) is 0.664. The molecule has 1 saturated heterocycles. The first-order valence-electron chi connectivity index (χ1n) is 9.98. The lowest BCUT2D eigenvalue weighted by molar-refractivity contribution is -0.130. The second-order valence-electron chi connectivity index (χ2n) is 7.36. The molecule has 2 heterocycles. The minimum absolute atomic E-state index is 0.0880. The molecule has 1 aromatic heterocycles. The standard InChI is InChI=1S/C23H24FN3O2S/c1-17-2-8-21(9-3-17)29-15-22-25-19(16-30-22)14-23(28)27-12-10-26(11-13-27)20-6-4-18(24)5-7-20/h2-9,16H,10-15H2,1H3. The topological polar surface area (TPSA) is 45.7 Å². The molecule has 3 aromatic rings. The Morgan fingerprint density at radius 3 is 2.47 bits per heavy atom. The molecule has 7 heteroatoms. The van der Waals surface area contributed by atoms with Gasteiger partial charge >= 0.3 is 0 Å². The SMILES string of the molecule is Cc1ccc(OCc2nc(CC(=O)N3CCN(c4ccc(F)cc4)CC3)cs2)cc1. The van der Waals surface area contributed by atoms with Gasteiger partial charge in [-0.3, -0.25) is 4.79 Å². The van der Waals surface area contributed by atoms with Gasteiger partial charge in [-0.2, -0.15) is 0 Å².